The molecule has 1 aromatic carbocycles. The van der Waals surface area contributed by atoms with E-state index in [4.69, 9.17) is 5.11 Å². The summed E-state index contributed by atoms with van der Waals surface area (Å²) in [6, 6.07) is 11.6. The third-order valence-corrected chi connectivity index (χ3v) is 4.06. The zero-order valence-corrected chi connectivity index (χ0v) is 15.1. The van der Waals surface area contributed by atoms with Gasteiger partial charge in [-0.15, -0.1) is 0 Å². The molecule has 0 fully saturated rings. The molecule has 0 saturated carbocycles. The van der Waals surface area contributed by atoms with Gasteiger partial charge in [-0.1, -0.05) is 26.0 Å². The van der Waals surface area contributed by atoms with Gasteiger partial charge < -0.3 is 15.7 Å². The van der Waals surface area contributed by atoms with Crippen LogP contribution in [0, 0.1) is 12.8 Å². The van der Waals surface area contributed by atoms with Gasteiger partial charge in [0, 0.05) is 24.0 Å². The van der Waals surface area contributed by atoms with Gasteiger partial charge in [-0.05, 0) is 49.1 Å². The zero-order valence-electron chi connectivity index (χ0n) is 15.1. The lowest BCUT2D eigenvalue weighted by molar-refractivity contribution is 0.0944. The molecule has 5 heteroatoms. The van der Waals surface area contributed by atoms with Gasteiger partial charge >= 0.3 is 0 Å². The van der Waals surface area contributed by atoms with Crippen LogP contribution >= 0.6 is 0 Å². The average Bonchev–Trinajstić information content (AvgIpc) is 2.61. The zero-order chi connectivity index (χ0) is 18.2. The number of aromatic nitrogens is 1. The van der Waals surface area contributed by atoms with Gasteiger partial charge in [-0.25, -0.2) is 0 Å². The van der Waals surface area contributed by atoms with Crippen LogP contribution < -0.4 is 10.6 Å². The number of benzene rings is 1. The van der Waals surface area contributed by atoms with E-state index in [-0.39, 0.29) is 25.1 Å². The van der Waals surface area contributed by atoms with E-state index in [2.05, 4.69) is 29.5 Å². The first kappa shape index (κ1) is 18.9. The summed E-state index contributed by atoms with van der Waals surface area (Å²) in [5.74, 6) is 0.337. The lowest BCUT2D eigenvalue weighted by Crippen LogP contribution is -2.27. The van der Waals surface area contributed by atoms with Crippen molar-refractivity contribution in [2.45, 2.75) is 33.2 Å². The van der Waals surface area contributed by atoms with Crippen LogP contribution in [-0.4, -0.2) is 29.1 Å². The van der Waals surface area contributed by atoms with Crippen LogP contribution in [0.4, 0.5) is 5.69 Å². The lowest BCUT2D eigenvalue weighted by atomic mass is 9.99. The molecule has 0 aliphatic carbocycles. The summed E-state index contributed by atoms with van der Waals surface area (Å²) < 4.78 is 0. The molecule has 1 atom stereocenters. The van der Waals surface area contributed by atoms with E-state index in [9.17, 15) is 4.79 Å². The van der Waals surface area contributed by atoms with Crippen molar-refractivity contribution in [3.63, 3.8) is 0 Å². The summed E-state index contributed by atoms with van der Waals surface area (Å²) in [6.07, 6.45) is 2.74. The molecule has 0 spiro atoms. The molecule has 1 amide bonds. The number of anilines is 1. The maximum atomic E-state index is 12.2. The van der Waals surface area contributed by atoms with Crippen LogP contribution in [0.25, 0.3) is 0 Å². The van der Waals surface area contributed by atoms with Crippen LogP contribution in [0.1, 0.15) is 47.9 Å². The standard InChI is InChI=1S/C20H27N3O2/c1-14(2)13-19(18-8-4-5-10-21-18)23-17-9-6-7-16(15(17)3)20(25)22-11-12-24/h4-10,14,19,23-24H,11-13H2,1-3H3,(H,22,25). The number of hydrogen-bond donors (Lipinski definition) is 3. The smallest absolute Gasteiger partial charge is 0.251 e. The number of aliphatic hydroxyl groups excluding tert-OH is 1. The van der Waals surface area contributed by atoms with Gasteiger partial charge in [-0.3, -0.25) is 9.78 Å². The molecule has 0 aliphatic heterocycles. The number of aliphatic hydroxyl groups is 1. The molecular weight excluding hydrogens is 314 g/mol. The van der Waals surface area contributed by atoms with E-state index < -0.39 is 0 Å². The fourth-order valence-electron chi connectivity index (χ4n) is 2.80. The fraction of sp³-hybridized carbons (Fsp3) is 0.400. The molecule has 0 aliphatic rings. The number of rotatable bonds is 8. The first-order valence-electron chi connectivity index (χ1n) is 8.69. The second kappa shape index (κ2) is 9.18. The summed E-state index contributed by atoms with van der Waals surface area (Å²) in [6.45, 7) is 6.48. The van der Waals surface area contributed by atoms with E-state index in [0.717, 1.165) is 23.4 Å². The first-order chi connectivity index (χ1) is 12.0. The van der Waals surface area contributed by atoms with Crippen LogP contribution in [0.2, 0.25) is 0 Å². The third-order valence-electron chi connectivity index (χ3n) is 4.06. The second-order valence-electron chi connectivity index (χ2n) is 6.54. The van der Waals surface area contributed by atoms with Crippen molar-refractivity contribution in [2.75, 3.05) is 18.5 Å². The maximum absolute atomic E-state index is 12.2. The van der Waals surface area contributed by atoms with E-state index in [1.807, 2.05) is 37.3 Å². The number of carbonyl (C=O) groups excluding carboxylic acids is 1. The number of hydrogen-bond acceptors (Lipinski definition) is 4. The summed E-state index contributed by atoms with van der Waals surface area (Å²) in [5.41, 5.74) is 3.42. The van der Waals surface area contributed by atoms with Crippen LogP contribution in [-0.2, 0) is 0 Å². The molecule has 3 N–H and O–H groups in total. The highest BCUT2D eigenvalue weighted by Gasteiger charge is 2.17. The highest BCUT2D eigenvalue weighted by molar-refractivity contribution is 5.97. The van der Waals surface area contributed by atoms with Crippen molar-refractivity contribution in [3.05, 3.63) is 59.4 Å². The van der Waals surface area contributed by atoms with E-state index in [1.54, 1.807) is 12.3 Å². The Labute approximate surface area is 149 Å². The Bertz CT molecular complexity index is 687. The molecule has 1 heterocycles. The second-order valence-corrected chi connectivity index (χ2v) is 6.54. The molecule has 2 aromatic rings. The Morgan fingerprint density at radius 2 is 2.00 bits per heavy atom. The van der Waals surface area contributed by atoms with Crippen molar-refractivity contribution < 1.29 is 9.90 Å². The molecule has 134 valence electrons. The Morgan fingerprint density at radius 1 is 1.20 bits per heavy atom. The first-order valence-corrected chi connectivity index (χ1v) is 8.69. The third kappa shape index (κ3) is 5.29. The molecule has 25 heavy (non-hydrogen) atoms. The molecular formula is C20H27N3O2. The van der Waals surface area contributed by atoms with Crippen molar-refractivity contribution in [3.8, 4) is 0 Å². The Hall–Kier alpha value is -2.40. The monoisotopic (exact) mass is 341 g/mol. The fourth-order valence-corrected chi connectivity index (χ4v) is 2.80. The number of pyridine rings is 1. The normalized spacial score (nSPS) is 12.0. The molecule has 2 rings (SSSR count). The Kier molecular flexibility index (Phi) is 6.95. The quantitative estimate of drug-likeness (QED) is 0.689. The van der Waals surface area contributed by atoms with Crippen molar-refractivity contribution >= 4 is 11.6 Å². The maximum Gasteiger partial charge on any atom is 0.251 e. The molecule has 1 unspecified atom stereocenters. The Balaban J connectivity index is 2.25. The minimum Gasteiger partial charge on any atom is -0.395 e. The summed E-state index contributed by atoms with van der Waals surface area (Å²) in [7, 11) is 0. The molecule has 5 nitrogen and oxygen atoms in total. The van der Waals surface area contributed by atoms with Crippen LogP contribution in [0.5, 0.6) is 0 Å². The van der Waals surface area contributed by atoms with Gasteiger partial charge in [0.2, 0.25) is 0 Å². The number of amides is 1. The van der Waals surface area contributed by atoms with Crippen molar-refractivity contribution in [2.24, 2.45) is 5.92 Å². The van der Waals surface area contributed by atoms with Crippen molar-refractivity contribution in [1.82, 2.24) is 10.3 Å². The van der Waals surface area contributed by atoms with Crippen LogP contribution in [0.3, 0.4) is 0 Å². The summed E-state index contributed by atoms with van der Waals surface area (Å²) >= 11 is 0. The Morgan fingerprint density at radius 3 is 2.64 bits per heavy atom. The van der Waals surface area contributed by atoms with Gasteiger partial charge in [-0.2, -0.15) is 0 Å². The number of carbonyl (C=O) groups is 1. The molecule has 0 radical (unpaired) electrons. The minimum atomic E-state index is -0.173. The van der Waals surface area contributed by atoms with Gasteiger partial charge in [0.15, 0.2) is 0 Å². The lowest BCUT2D eigenvalue weighted by Gasteiger charge is -2.23. The minimum absolute atomic E-state index is 0.0706. The predicted molar refractivity (Wildman–Crippen MR) is 101 cm³/mol. The van der Waals surface area contributed by atoms with E-state index in [0.29, 0.717) is 11.5 Å². The highest BCUT2D eigenvalue weighted by atomic mass is 16.3. The van der Waals surface area contributed by atoms with Gasteiger partial charge in [0.1, 0.15) is 0 Å². The largest absolute Gasteiger partial charge is 0.395 e. The van der Waals surface area contributed by atoms with Gasteiger partial charge in [0.25, 0.3) is 5.91 Å². The highest BCUT2D eigenvalue weighted by Crippen LogP contribution is 2.27. The van der Waals surface area contributed by atoms with E-state index in [1.165, 1.54) is 0 Å². The number of nitrogens with zero attached hydrogens (tertiary/aromatic N) is 1. The van der Waals surface area contributed by atoms with Crippen LogP contribution in [0.15, 0.2) is 42.6 Å². The van der Waals surface area contributed by atoms with Gasteiger partial charge in [0.05, 0.1) is 18.3 Å². The number of nitrogens with one attached hydrogen (secondary N) is 2. The average molecular weight is 341 g/mol. The molecule has 0 bridgehead atoms. The van der Waals surface area contributed by atoms with E-state index >= 15 is 0 Å². The van der Waals surface area contributed by atoms with Crippen molar-refractivity contribution in [1.29, 1.82) is 0 Å². The summed E-state index contributed by atoms with van der Waals surface area (Å²) in [5, 5.41) is 15.1. The molecule has 1 aromatic heterocycles. The molecule has 0 saturated heterocycles. The topological polar surface area (TPSA) is 74.2 Å². The SMILES string of the molecule is Cc1c(NC(CC(C)C)c2ccccn2)cccc1C(=O)NCCO. The predicted octanol–water partition coefficient (Wildman–Crippen LogP) is 3.31. The summed E-state index contributed by atoms with van der Waals surface area (Å²) in [4.78, 5) is 16.7.